The van der Waals surface area contributed by atoms with Crippen molar-refractivity contribution in [2.75, 3.05) is 0 Å². The number of imidazole rings is 1. The minimum atomic E-state index is -2.81. The van der Waals surface area contributed by atoms with Crippen LogP contribution in [0.1, 0.15) is 5.01 Å². The molecule has 0 aliphatic carbocycles. The molecule has 0 N–H and O–H groups in total. The molecule has 19 heavy (non-hydrogen) atoms. The molecule has 0 fully saturated rings. The highest BCUT2D eigenvalue weighted by Gasteiger charge is 2.09. The molecule has 98 valence electrons. The third-order valence-corrected chi connectivity index (χ3v) is 3.36. The van der Waals surface area contributed by atoms with Gasteiger partial charge in [-0.1, -0.05) is 11.3 Å². The fraction of sp³-hybridized carbons (Fsp3) is 0.167. The van der Waals surface area contributed by atoms with E-state index in [0.29, 0.717) is 0 Å². The number of aromatic nitrogens is 3. The van der Waals surface area contributed by atoms with Crippen LogP contribution in [0.15, 0.2) is 30.5 Å². The van der Waals surface area contributed by atoms with Crippen molar-refractivity contribution in [3.05, 3.63) is 35.5 Å². The zero-order chi connectivity index (χ0) is 13.4. The zero-order valence-corrected chi connectivity index (χ0v) is 10.7. The minimum absolute atomic E-state index is 0.133. The van der Waals surface area contributed by atoms with E-state index in [1.165, 1.54) is 23.5 Å². The molecule has 0 saturated carbocycles. The number of alkyl halides is 2. The van der Waals surface area contributed by atoms with Crippen LogP contribution in [-0.2, 0) is 0 Å². The Balaban J connectivity index is 1.90. The van der Waals surface area contributed by atoms with Crippen molar-refractivity contribution in [3.63, 3.8) is 0 Å². The molecule has 2 aromatic heterocycles. The first-order chi connectivity index (χ1) is 9.11. The summed E-state index contributed by atoms with van der Waals surface area (Å²) in [6.45, 7) is -0.897. The summed E-state index contributed by atoms with van der Waals surface area (Å²) in [6, 6.07) is 6.37. The number of nitrogens with zero attached hydrogens (tertiary/aromatic N) is 3. The van der Waals surface area contributed by atoms with Gasteiger partial charge in [-0.2, -0.15) is 13.9 Å². The summed E-state index contributed by atoms with van der Waals surface area (Å²) < 4.78 is 30.1. The Hall–Kier alpha value is -2.02. The second kappa shape index (κ2) is 4.58. The zero-order valence-electron chi connectivity index (χ0n) is 9.88. The molecule has 2 heterocycles. The molecule has 0 saturated heterocycles. The summed E-state index contributed by atoms with van der Waals surface area (Å²) in [5.74, 6) is 0.133. The predicted octanol–water partition coefficient (Wildman–Crippen LogP) is 3.37. The topological polar surface area (TPSA) is 39.4 Å². The van der Waals surface area contributed by atoms with Gasteiger partial charge in [0.1, 0.15) is 10.8 Å². The number of halogens is 2. The van der Waals surface area contributed by atoms with Gasteiger partial charge in [-0.25, -0.2) is 9.50 Å². The molecule has 3 rings (SSSR count). The largest absolute Gasteiger partial charge is 0.435 e. The minimum Gasteiger partial charge on any atom is -0.435 e. The average molecular weight is 281 g/mol. The molecule has 0 radical (unpaired) electrons. The summed E-state index contributed by atoms with van der Waals surface area (Å²) in [5.41, 5.74) is 1.58. The fourth-order valence-electron chi connectivity index (χ4n) is 1.75. The molecule has 0 amide bonds. The lowest BCUT2D eigenvalue weighted by atomic mass is 10.2. The van der Waals surface area contributed by atoms with Gasteiger partial charge >= 0.3 is 6.61 Å². The molecule has 7 heteroatoms. The first-order valence-corrected chi connectivity index (χ1v) is 6.31. The summed E-state index contributed by atoms with van der Waals surface area (Å²) >= 11 is 1.50. The summed E-state index contributed by atoms with van der Waals surface area (Å²) in [4.78, 5) is 5.23. The second-order valence-corrected chi connectivity index (χ2v) is 5.04. The molecule has 0 spiro atoms. The van der Waals surface area contributed by atoms with E-state index in [2.05, 4.69) is 14.8 Å². The molecule has 0 unspecified atom stereocenters. The maximum Gasteiger partial charge on any atom is 0.387 e. The number of benzene rings is 1. The van der Waals surface area contributed by atoms with Gasteiger partial charge in [-0.15, -0.1) is 0 Å². The Morgan fingerprint density at radius 2 is 2.00 bits per heavy atom. The van der Waals surface area contributed by atoms with Crippen LogP contribution in [0.4, 0.5) is 8.78 Å². The first-order valence-electron chi connectivity index (χ1n) is 5.50. The smallest absolute Gasteiger partial charge is 0.387 e. The Bertz CT molecular complexity index is 674. The van der Waals surface area contributed by atoms with Crippen LogP contribution < -0.4 is 4.74 Å². The second-order valence-electron chi connectivity index (χ2n) is 3.88. The van der Waals surface area contributed by atoms with E-state index in [9.17, 15) is 8.78 Å². The molecule has 0 atom stereocenters. The number of hydrogen-bond donors (Lipinski definition) is 0. The third kappa shape index (κ3) is 2.41. The molecule has 4 nitrogen and oxygen atoms in total. The number of aryl methyl sites for hydroxylation is 1. The summed E-state index contributed by atoms with van der Waals surface area (Å²) in [6.07, 6.45) is 1.81. The SMILES string of the molecule is Cc1nn2cc(-c3ccc(OC(F)F)cc3)nc2s1. The lowest BCUT2D eigenvalue weighted by molar-refractivity contribution is -0.0498. The number of ether oxygens (including phenoxy) is 1. The quantitative estimate of drug-likeness (QED) is 0.739. The van der Waals surface area contributed by atoms with Crippen molar-refractivity contribution in [2.45, 2.75) is 13.5 Å². The summed E-state index contributed by atoms with van der Waals surface area (Å²) in [5, 5.41) is 5.20. The van der Waals surface area contributed by atoms with Crippen LogP contribution in [0.2, 0.25) is 0 Å². The highest BCUT2D eigenvalue weighted by atomic mass is 32.1. The van der Waals surface area contributed by atoms with Crippen molar-refractivity contribution >= 4 is 16.3 Å². The molecular weight excluding hydrogens is 272 g/mol. The maximum atomic E-state index is 12.0. The van der Waals surface area contributed by atoms with Gasteiger partial charge < -0.3 is 4.74 Å². The number of hydrogen-bond acceptors (Lipinski definition) is 4. The molecule has 3 aromatic rings. The van der Waals surface area contributed by atoms with Gasteiger partial charge in [-0.05, 0) is 31.2 Å². The Labute approximate surface area is 111 Å². The number of fused-ring (bicyclic) bond motifs is 1. The van der Waals surface area contributed by atoms with Gasteiger partial charge in [0.2, 0.25) is 4.96 Å². The predicted molar refractivity (Wildman–Crippen MR) is 67.7 cm³/mol. The van der Waals surface area contributed by atoms with E-state index in [0.717, 1.165) is 21.2 Å². The Morgan fingerprint density at radius 1 is 1.26 bits per heavy atom. The van der Waals surface area contributed by atoms with Crippen molar-refractivity contribution < 1.29 is 13.5 Å². The van der Waals surface area contributed by atoms with Gasteiger partial charge in [0.25, 0.3) is 0 Å². The maximum absolute atomic E-state index is 12.0. The Morgan fingerprint density at radius 3 is 2.63 bits per heavy atom. The van der Waals surface area contributed by atoms with Crippen molar-refractivity contribution in [1.29, 1.82) is 0 Å². The molecule has 1 aromatic carbocycles. The molecule has 0 bridgehead atoms. The third-order valence-electron chi connectivity index (χ3n) is 2.52. The van der Waals surface area contributed by atoms with Crippen molar-refractivity contribution in [2.24, 2.45) is 0 Å². The van der Waals surface area contributed by atoms with E-state index >= 15 is 0 Å². The first kappa shape index (κ1) is 12.0. The van der Waals surface area contributed by atoms with Crippen LogP contribution >= 0.6 is 11.3 Å². The van der Waals surface area contributed by atoms with E-state index in [1.807, 2.05) is 13.1 Å². The standard InChI is InChI=1S/C12H9F2N3OS/c1-7-16-17-6-10(15-12(17)19-7)8-2-4-9(5-3-8)18-11(13)14/h2-6,11H,1H3. The monoisotopic (exact) mass is 281 g/mol. The average Bonchev–Trinajstić information content (AvgIpc) is 2.86. The lowest BCUT2D eigenvalue weighted by Gasteiger charge is -2.04. The normalized spacial score (nSPS) is 11.4. The van der Waals surface area contributed by atoms with Crippen molar-refractivity contribution in [3.8, 4) is 17.0 Å². The highest BCUT2D eigenvalue weighted by Crippen LogP contribution is 2.24. The van der Waals surface area contributed by atoms with Crippen LogP contribution in [0.3, 0.4) is 0 Å². The summed E-state index contributed by atoms with van der Waals surface area (Å²) in [7, 11) is 0. The fourth-order valence-corrected chi connectivity index (χ4v) is 2.47. The van der Waals surface area contributed by atoms with Gasteiger partial charge in [0.05, 0.1) is 11.9 Å². The Kier molecular flexibility index (Phi) is 2.90. The molecule has 0 aliphatic rings. The molecular formula is C12H9F2N3OS. The van der Waals surface area contributed by atoms with Gasteiger partial charge in [0.15, 0.2) is 0 Å². The van der Waals surface area contributed by atoms with Gasteiger partial charge in [0, 0.05) is 5.56 Å². The van der Waals surface area contributed by atoms with Crippen molar-refractivity contribution in [1.82, 2.24) is 14.6 Å². The van der Waals surface area contributed by atoms with Crippen LogP contribution in [0, 0.1) is 6.92 Å². The highest BCUT2D eigenvalue weighted by molar-refractivity contribution is 7.16. The van der Waals surface area contributed by atoms with Crippen LogP contribution in [-0.4, -0.2) is 21.2 Å². The van der Waals surface area contributed by atoms with E-state index in [1.54, 1.807) is 16.6 Å². The van der Waals surface area contributed by atoms with Crippen LogP contribution in [0.25, 0.3) is 16.2 Å². The van der Waals surface area contributed by atoms with E-state index in [4.69, 9.17) is 0 Å². The lowest BCUT2D eigenvalue weighted by Crippen LogP contribution is -2.01. The number of rotatable bonds is 3. The molecule has 0 aliphatic heterocycles. The van der Waals surface area contributed by atoms with E-state index < -0.39 is 6.61 Å². The van der Waals surface area contributed by atoms with Gasteiger partial charge in [-0.3, -0.25) is 0 Å². The van der Waals surface area contributed by atoms with Crippen LogP contribution in [0.5, 0.6) is 5.75 Å². The van der Waals surface area contributed by atoms with E-state index in [-0.39, 0.29) is 5.75 Å².